The van der Waals surface area contributed by atoms with Gasteiger partial charge >= 0.3 is 0 Å². The molecule has 1 aromatic rings. The van der Waals surface area contributed by atoms with Gasteiger partial charge in [0.2, 0.25) is 0 Å². The fraction of sp³-hybridized carbons (Fsp3) is 0.700. The fourth-order valence-electron chi connectivity index (χ4n) is 3.07. The summed E-state index contributed by atoms with van der Waals surface area (Å²) in [5, 5.41) is 0. The van der Waals surface area contributed by atoms with Gasteiger partial charge in [-0.3, -0.25) is 0 Å². The highest BCUT2D eigenvalue weighted by molar-refractivity contribution is 5.18. The second-order valence-electron chi connectivity index (χ2n) is 6.42. The van der Waals surface area contributed by atoms with Gasteiger partial charge in [-0.05, 0) is 18.4 Å². The number of hydrogen-bond donors (Lipinski definition) is 0. The summed E-state index contributed by atoms with van der Waals surface area (Å²) >= 11 is 0. The van der Waals surface area contributed by atoms with Crippen LogP contribution in [-0.4, -0.2) is 12.9 Å². The molecule has 124 valence electrons. The minimum Gasteiger partial charge on any atom is -0.350 e. The molecule has 0 N–H and O–H groups in total. The minimum atomic E-state index is 0.00904. The van der Waals surface area contributed by atoms with E-state index in [0.717, 1.165) is 6.42 Å². The molecule has 1 aliphatic heterocycles. The highest BCUT2D eigenvalue weighted by Gasteiger charge is 2.26. The summed E-state index contributed by atoms with van der Waals surface area (Å²) in [6, 6.07) is 10.4. The molecule has 2 heteroatoms. The Kier molecular flexibility index (Phi) is 8.59. The lowest BCUT2D eigenvalue weighted by atomic mass is 10.1. The van der Waals surface area contributed by atoms with Crippen molar-refractivity contribution in [2.75, 3.05) is 6.61 Å². The molecule has 0 amide bonds. The number of unbranched alkanes of at least 4 members (excludes halogenated alkanes) is 8. The third-order valence-corrected chi connectivity index (χ3v) is 4.46. The summed E-state index contributed by atoms with van der Waals surface area (Å²) in [7, 11) is 0. The van der Waals surface area contributed by atoms with Crippen LogP contribution >= 0.6 is 0 Å². The molecule has 1 fully saturated rings. The van der Waals surface area contributed by atoms with Crippen molar-refractivity contribution in [1.29, 1.82) is 0 Å². The van der Waals surface area contributed by atoms with Crippen LogP contribution in [0.1, 0.15) is 82.8 Å². The van der Waals surface area contributed by atoms with E-state index in [0.29, 0.717) is 6.61 Å². The molecule has 0 spiro atoms. The highest BCUT2D eigenvalue weighted by atomic mass is 16.7. The molecule has 0 radical (unpaired) electrons. The molecule has 0 aliphatic carbocycles. The Hall–Kier alpha value is -0.860. The van der Waals surface area contributed by atoms with Gasteiger partial charge in [0.05, 0.1) is 6.61 Å². The van der Waals surface area contributed by atoms with Crippen molar-refractivity contribution < 1.29 is 9.47 Å². The maximum absolute atomic E-state index is 6.00. The van der Waals surface area contributed by atoms with Crippen molar-refractivity contribution in [2.45, 2.75) is 83.5 Å². The van der Waals surface area contributed by atoms with E-state index in [1.807, 2.05) is 6.07 Å². The fourth-order valence-corrected chi connectivity index (χ4v) is 3.07. The maximum atomic E-state index is 6.00. The third-order valence-electron chi connectivity index (χ3n) is 4.46. The van der Waals surface area contributed by atoms with Gasteiger partial charge in [-0.1, -0.05) is 88.6 Å². The van der Waals surface area contributed by atoms with Crippen LogP contribution in [0.5, 0.6) is 0 Å². The van der Waals surface area contributed by atoms with Crippen LogP contribution in [0.3, 0.4) is 0 Å². The first-order valence-corrected chi connectivity index (χ1v) is 9.22. The molecule has 1 aromatic carbocycles. The zero-order chi connectivity index (χ0) is 15.5. The molecule has 0 aromatic heterocycles. The van der Waals surface area contributed by atoms with E-state index in [9.17, 15) is 0 Å². The van der Waals surface area contributed by atoms with E-state index < -0.39 is 0 Å². The summed E-state index contributed by atoms with van der Waals surface area (Å²) in [6.07, 6.45) is 13.5. The Morgan fingerprint density at radius 2 is 1.50 bits per heavy atom. The quantitative estimate of drug-likeness (QED) is 0.465. The molecule has 1 aliphatic rings. The van der Waals surface area contributed by atoms with E-state index in [-0.39, 0.29) is 12.4 Å². The monoisotopic (exact) mass is 304 g/mol. The van der Waals surface area contributed by atoms with Gasteiger partial charge in [0, 0.05) is 0 Å². The van der Waals surface area contributed by atoms with Crippen molar-refractivity contribution in [3.05, 3.63) is 35.9 Å². The van der Waals surface area contributed by atoms with Gasteiger partial charge in [-0.2, -0.15) is 0 Å². The standard InChI is InChI=1S/C20H32O2/c1-2-3-4-5-6-7-8-9-13-16-20-21-17-19(22-20)18-14-11-10-12-15-18/h10-12,14-15,19-20H,2-9,13,16-17H2,1H3/t19-,20-/m1/s1. The van der Waals surface area contributed by atoms with Crippen LogP contribution in [0.25, 0.3) is 0 Å². The number of ether oxygens (including phenoxy) is 2. The largest absolute Gasteiger partial charge is 0.350 e. The Bertz CT molecular complexity index is 377. The second-order valence-corrected chi connectivity index (χ2v) is 6.42. The summed E-state index contributed by atoms with van der Waals surface area (Å²) in [5.74, 6) is 0. The summed E-state index contributed by atoms with van der Waals surface area (Å²) in [5.41, 5.74) is 1.23. The molecule has 0 unspecified atom stereocenters. The molecule has 0 bridgehead atoms. The first-order chi connectivity index (χ1) is 10.9. The lowest BCUT2D eigenvalue weighted by Gasteiger charge is -2.11. The number of rotatable bonds is 11. The Morgan fingerprint density at radius 1 is 0.864 bits per heavy atom. The van der Waals surface area contributed by atoms with Gasteiger partial charge in [0.25, 0.3) is 0 Å². The zero-order valence-corrected chi connectivity index (χ0v) is 14.1. The Balaban J connectivity index is 1.47. The molecule has 22 heavy (non-hydrogen) atoms. The summed E-state index contributed by atoms with van der Waals surface area (Å²) in [4.78, 5) is 0. The van der Waals surface area contributed by atoms with E-state index in [1.54, 1.807) is 0 Å². The topological polar surface area (TPSA) is 18.5 Å². The van der Waals surface area contributed by atoms with Crippen molar-refractivity contribution in [3.63, 3.8) is 0 Å². The van der Waals surface area contributed by atoms with Gasteiger partial charge in [0.15, 0.2) is 6.29 Å². The predicted molar refractivity (Wildman–Crippen MR) is 91.9 cm³/mol. The molecule has 0 saturated carbocycles. The summed E-state index contributed by atoms with van der Waals surface area (Å²) in [6.45, 7) is 2.97. The van der Waals surface area contributed by atoms with Crippen LogP contribution < -0.4 is 0 Å². The maximum Gasteiger partial charge on any atom is 0.158 e. The molecule has 2 atom stereocenters. The highest BCUT2D eigenvalue weighted by Crippen LogP contribution is 2.28. The van der Waals surface area contributed by atoms with Crippen LogP contribution in [0.4, 0.5) is 0 Å². The third kappa shape index (κ3) is 6.50. The van der Waals surface area contributed by atoms with Crippen LogP contribution in [0.2, 0.25) is 0 Å². The van der Waals surface area contributed by atoms with Gasteiger partial charge in [-0.15, -0.1) is 0 Å². The van der Waals surface area contributed by atoms with Crippen LogP contribution in [-0.2, 0) is 9.47 Å². The normalized spacial score (nSPS) is 21.3. The SMILES string of the molecule is CCCCCCCCCCC[C@@H]1OC[C@H](c2ccccc2)O1. The van der Waals surface area contributed by atoms with Gasteiger partial charge < -0.3 is 9.47 Å². The molecular formula is C20H32O2. The Morgan fingerprint density at radius 3 is 2.18 bits per heavy atom. The smallest absolute Gasteiger partial charge is 0.158 e. The predicted octanol–water partition coefficient (Wildman–Crippen LogP) is 6.02. The Labute approximate surface area is 136 Å². The number of hydrogen-bond acceptors (Lipinski definition) is 2. The van der Waals surface area contributed by atoms with Crippen molar-refractivity contribution in [1.82, 2.24) is 0 Å². The van der Waals surface area contributed by atoms with Crippen molar-refractivity contribution >= 4 is 0 Å². The molecule has 2 rings (SSSR count). The molecule has 2 nitrogen and oxygen atoms in total. The molecular weight excluding hydrogens is 272 g/mol. The van der Waals surface area contributed by atoms with E-state index in [1.165, 1.54) is 63.4 Å². The van der Waals surface area contributed by atoms with E-state index >= 15 is 0 Å². The average Bonchev–Trinajstić information content (AvgIpc) is 3.03. The lowest BCUT2D eigenvalue weighted by Crippen LogP contribution is -2.07. The van der Waals surface area contributed by atoms with Gasteiger partial charge in [0.1, 0.15) is 6.10 Å². The van der Waals surface area contributed by atoms with Crippen LogP contribution in [0.15, 0.2) is 30.3 Å². The minimum absolute atomic E-state index is 0.00904. The molecule has 1 heterocycles. The molecule has 1 saturated heterocycles. The first-order valence-electron chi connectivity index (χ1n) is 9.22. The second kappa shape index (κ2) is 10.8. The van der Waals surface area contributed by atoms with Gasteiger partial charge in [-0.25, -0.2) is 0 Å². The summed E-state index contributed by atoms with van der Waals surface area (Å²) < 4.78 is 11.8. The van der Waals surface area contributed by atoms with E-state index in [4.69, 9.17) is 9.47 Å². The zero-order valence-electron chi connectivity index (χ0n) is 14.1. The van der Waals surface area contributed by atoms with Crippen molar-refractivity contribution in [3.8, 4) is 0 Å². The first kappa shape index (κ1) is 17.5. The van der Waals surface area contributed by atoms with E-state index in [2.05, 4.69) is 31.2 Å². The average molecular weight is 304 g/mol. The van der Waals surface area contributed by atoms with Crippen molar-refractivity contribution in [2.24, 2.45) is 0 Å². The lowest BCUT2D eigenvalue weighted by molar-refractivity contribution is -0.0637. The number of benzene rings is 1. The van der Waals surface area contributed by atoms with Crippen LogP contribution in [0, 0.1) is 0 Å².